The number of piperidine rings is 1. The van der Waals surface area contributed by atoms with Gasteiger partial charge in [-0.25, -0.2) is 0 Å². The van der Waals surface area contributed by atoms with Crippen LogP contribution >= 0.6 is 11.8 Å². The second-order valence-electron chi connectivity index (χ2n) is 6.63. The van der Waals surface area contributed by atoms with Crippen molar-refractivity contribution in [3.05, 3.63) is 30.3 Å². The molecule has 0 radical (unpaired) electrons. The summed E-state index contributed by atoms with van der Waals surface area (Å²) in [6.07, 6.45) is 6.11. The monoisotopic (exact) mass is 357 g/mol. The van der Waals surface area contributed by atoms with Crippen LogP contribution in [0.2, 0.25) is 0 Å². The zero-order valence-corrected chi connectivity index (χ0v) is 15.0. The van der Waals surface area contributed by atoms with E-state index in [1.54, 1.807) is 0 Å². The summed E-state index contributed by atoms with van der Waals surface area (Å²) in [5.41, 5.74) is 0.825. The molecule has 1 aromatic heterocycles. The molecule has 2 fully saturated rings. The zero-order valence-electron chi connectivity index (χ0n) is 14.2. The van der Waals surface area contributed by atoms with Crippen LogP contribution < -0.4 is 10.2 Å². The maximum Gasteiger partial charge on any atom is 0.234 e. The summed E-state index contributed by atoms with van der Waals surface area (Å²) in [5.74, 6) is 1.33. The van der Waals surface area contributed by atoms with Crippen molar-refractivity contribution in [1.82, 2.24) is 14.8 Å². The van der Waals surface area contributed by atoms with E-state index in [0.717, 1.165) is 29.9 Å². The number of hydrogen-bond donors (Lipinski definition) is 1. The van der Waals surface area contributed by atoms with Crippen molar-refractivity contribution in [3.63, 3.8) is 0 Å². The van der Waals surface area contributed by atoms with Crippen molar-refractivity contribution in [1.29, 1.82) is 0 Å². The Bertz CT molecular complexity index is 722. The second-order valence-corrected chi connectivity index (χ2v) is 7.58. The molecule has 0 atom stereocenters. The minimum absolute atomic E-state index is 0.0129. The van der Waals surface area contributed by atoms with Crippen molar-refractivity contribution >= 4 is 29.3 Å². The third-order valence-corrected chi connectivity index (χ3v) is 5.53. The highest BCUT2D eigenvalue weighted by atomic mass is 32.2. The SMILES string of the molecule is O=C(CSc1nnc(N2CCCCC2)n1C1CC1)Nc1ccccc1. The molecule has 1 amide bonds. The maximum atomic E-state index is 12.2. The fourth-order valence-electron chi connectivity index (χ4n) is 3.18. The van der Waals surface area contributed by atoms with Crippen LogP contribution in [0.3, 0.4) is 0 Å². The summed E-state index contributed by atoms with van der Waals surface area (Å²) in [5, 5.41) is 12.6. The molecule has 1 aliphatic heterocycles. The summed E-state index contributed by atoms with van der Waals surface area (Å²) in [7, 11) is 0. The van der Waals surface area contributed by atoms with E-state index in [1.807, 2.05) is 30.3 Å². The number of amides is 1. The van der Waals surface area contributed by atoms with Crippen LogP contribution in [0.4, 0.5) is 11.6 Å². The molecule has 0 spiro atoms. The predicted octanol–water partition coefficient (Wildman–Crippen LogP) is 3.33. The Hall–Kier alpha value is -2.02. The summed E-state index contributed by atoms with van der Waals surface area (Å²) in [6, 6.07) is 10.1. The van der Waals surface area contributed by atoms with Gasteiger partial charge in [-0.2, -0.15) is 0 Å². The van der Waals surface area contributed by atoms with Gasteiger partial charge in [-0.3, -0.25) is 9.36 Å². The van der Waals surface area contributed by atoms with Gasteiger partial charge in [0.1, 0.15) is 0 Å². The number of carbonyl (C=O) groups is 1. The first-order valence-corrected chi connectivity index (χ1v) is 9.97. The number of hydrogen-bond acceptors (Lipinski definition) is 5. The summed E-state index contributed by atoms with van der Waals surface area (Å²) >= 11 is 1.48. The van der Waals surface area contributed by atoms with E-state index in [9.17, 15) is 4.79 Å². The number of nitrogens with zero attached hydrogens (tertiary/aromatic N) is 4. The largest absolute Gasteiger partial charge is 0.341 e. The van der Waals surface area contributed by atoms with Crippen LogP contribution in [-0.2, 0) is 4.79 Å². The molecule has 2 heterocycles. The average molecular weight is 357 g/mol. The van der Waals surface area contributed by atoms with Crippen LogP contribution in [-0.4, -0.2) is 39.5 Å². The minimum Gasteiger partial charge on any atom is -0.341 e. The van der Waals surface area contributed by atoms with Gasteiger partial charge in [0.15, 0.2) is 5.16 Å². The van der Waals surface area contributed by atoms with Crippen LogP contribution in [0, 0.1) is 0 Å². The van der Waals surface area contributed by atoms with Gasteiger partial charge in [-0.1, -0.05) is 30.0 Å². The first kappa shape index (κ1) is 16.4. The standard InChI is InChI=1S/C18H23N5OS/c24-16(19-14-7-3-1-4-8-14)13-25-18-21-20-17(23(18)15-9-10-15)22-11-5-2-6-12-22/h1,3-4,7-8,15H,2,5-6,9-13H2,(H,19,24). The lowest BCUT2D eigenvalue weighted by atomic mass is 10.1. The van der Waals surface area contributed by atoms with Gasteiger partial charge in [-0.15, -0.1) is 10.2 Å². The quantitative estimate of drug-likeness (QED) is 0.804. The van der Waals surface area contributed by atoms with Crippen molar-refractivity contribution in [2.24, 2.45) is 0 Å². The number of carbonyl (C=O) groups excluding carboxylic acids is 1. The normalized spacial score (nSPS) is 17.5. The van der Waals surface area contributed by atoms with Gasteiger partial charge in [0.2, 0.25) is 11.9 Å². The van der Waals surface area contributed by atoms with Crippen LogP contribution in [0.25, 0.3) is 0 Å². The molecule has 1 saturated heterocycles. The Kier molecular flexibility index (Phi) is 4.92. The third kappa shape index (κ3) is 3.98. The lowest BCUT2D eigenvalue weighted by Gasteiger charge is -2.27. The first-order chi connectivity index (χ1) is 12.3. The molecule has 1 aromatic carbocycles. The van der Waals surface area contributed by atoms with Crippen LogP contribution in [0.1, 0.15) is 38.1 Å². The highest BCUT2D eigenvalue weighted by Gasteiger charge is 2.32. The fourth-order valence-corrected chi connectivity index (χ4v) is 3.98. The highest BCUT2D eigenvalue weighted by Crippen LogP contribution is 2.41. The maximum absolute atomic E-state index is 12.2. The summed E-state index contributed by atoms with van der Waals surface area (Å²) in [6.45, 7) is 2.12. The molecule has 7 heteroatoms. The Labute approximate surface area is 152 Å². The van der Waals surface area contributed by atoms with E-state index in [4.69, 9.17) is 0 Å². The molecule has 132 valence electrons. The van der Waals surface area contributed by atoms with Crippen molar-refractivity contribution in [2.75, 3.05) is 29.1 Å². The van der Waals surface area contributed by atoms with Crippen LogP contribution in [0.5, 0.6) is 0 Å². The smallest absolute Gasteiger partial charge is 0.234 e. The number of thioether (sulfide) groups is 1. The molecule has 25 heavy (non-hydrogen) atoms. The lowest BCUT2D eigenvalue weighted by Crippen LogP contribution is -2.32. The lowest BCUT2D eigenvalue weighted by molar-refractivity contribution is -0.113. The molecular weight excluding hydrogens is 334 g/mol. The average Bonchev–Trinajstić information content (AvgIpc) is 3.40. The van der Waals surface area contributed by atoms with Gasteiger partial charge in [0.25, 0.3) is 0 Å². The van der Waals surface area contributed by atoms with E-state index < -0.39 is 0 Å². The van der Waals surface area contributed by atoms with Gasteiger partial charge in [-0.05, 0) is 44.2 Å². The molecule has 2 aromatic rings. The van der Waals surface area contributed by atoms with Gasteiger partial charge >= 0.3 is 0 Å². The molecule has 2 aliphatic rings. The molecule has 1 aliphatic carbocycles. The van der Waals surface area contributed by atoms with E-state index in [2.05, 4.69) is 25.0 Å². The van der Waals surface area contributed by atoms with E-state index in [0.29, 0.717) is 11.8 Å². The van der Waals surface area contributed by atoms with Crippen molar-refractivity contribution in [3.8, 4) is 0 Å². The van der Waals surface area contributed by atoms with E-state index in [1.165, 1.54) is 43.9 Å². The number of rotatable bonds is 6. The number of aromatic nitrogens is 3. The molecule has 4 rings (SSSR count). The molecule has 1 N–H and O–H groups in total. The predicted molar refractivity (Wildman–Crippen MR) is 100 cm³/mol. The summed E-state index contributed by atoms with van der Waals surface area (Å²) in [4.78, 5) is 14.5. The fraction of sp³-hybridized carbons (Fsp3) is 0.500. The topological polar surface area (TPSA) is 63.1 Å². The van der Waals surface area contributed by atoms with Crippen molar-refractivity contribution < 1.29 is 4.79 Å². The van der Waals surface area contributed by atoms with Gasteiger partial charge in [0, 0.05) is 24.8 Å². The second kappa shape index (κ2) is 7.47. The van der Waals surface area contributed by atoms with E-state index >= 15 is 0 Å². The minimum atomic E-state index is -0.0129. The first-order valence-electron chi connectivity index (χ1n) is 8.99. The van der Waals surface area contributed by atoms with Crippen LogP contribution in [0.15, 0.2) is 35.5 Å². The third-order valence-electron chi connectivity index (χ3n) is 4.59. The zero-order chi connectivity index (χ0) is 17.1. The molecule has 1 saturated carbocycles. The van der Waals surface area contributed by atoms with Gasteiger partial charge < -0.3 is 10.2 Å². The highest BCUT2D eigenvalue weighted by molar-refractivity contribution is 7.99. The Morgan fingerprint density at radius 1 is 1.12 bits per heavy atom. The number of benzene rings is 1. The Morgan fingerprint density at radius 3 is 2.60 bits per heavy atom. The Balaban J connectivity index is 1.42. The Morgan fingerprint density at radius 2 is 1.88 bits per heavy atom. The van der Waals surface area contributed by atoms with Crippen molar-refractivity contribution in [2.45, 2.75) is 43.3 Å². The molecule has 0 unspecified atom stereocenters. The molecule has 6 nitrogen and oxygen atoms in total. The van der Waals surface area contributed by atoms with E-state index in [-0.39, 0.29) is 5.91 Å². The summed E-state index contributed by atoms with van der Waals surface area (Å²) < 4.78 is 2.26. The number of nitrogens with one attached hydrogen (secondary N) is 1. The number of para-hydroxylation sites is 1. The number of anilines is 2. The van der Waals surface area contributed by atoms with Gasteiger partial charge in [0.05, 0.1) is 5.75 Å². The molecule has 0 bridgehead atoms. The molecular formula is C18H23N5OS.